The first-order valence-electron chi connectivity index (χ1n) is 4.65. The molecule has 0 aliphatic carbocycles. The molecule has 0 spiro atoms. The maximum absolute atomic E-state index is 10.8. The fourth-order valence-corrected chi connectivity index (χ4v) is 1.17. The molecule has 0 aromatic rings. The van der Waals surface area contributed by atoms with Crippen molar-refractivity contribution in [2.24, 2.45) is 5.73 Å². The second kappa shape index (κ2) is 8.53. The lowest BCUT2D eigenvalue weighted by atomic mass is 10.2. The van der Waals surface area contributed by atoms with Crippen LogP contribution < -0.4 is 11.2 Å². The molecule has 17 heavy (non-hydrogen) atoms. The van der Waals surface area contributed by atoms with E-state index in [2.05, 4.69) is 5.43 Å². The predicted octanol–water partition coefficient (Wildman–Crippen LogP) is -2.24. The van der Waals surface area contributed by atoms with E-state index in [1.807, 2.05) is 0 Å². The van der Waals surface area contributed by atoms with Gasteiger partial charge in [0.15, 0.2) is 0 Å². The zero-order valence-electron chi connectivity index (χ0n) is 8.84. The number of amides is 2. The fraction of sp³-hybridized carbons (Fsp3) is 0.625. The predicted molar refractivity (Wildman–Crippen MR) is 64.7 cm³/mol. The SMILES string of the molecule is CCCN(NC(N)=O)C(CC(=O)O)C(=O)O.[SiH4]. The smallest absolute Gasteiger partial charge is 0.326 e. The number of carbonyl (C=O) groups is 3. The van der Waals surface area contributed by atoms with Gasteiger partial charge in [0, 0.05) is 6.54 Å². The Balaban J connectivity index is 0. The van der Waals surface area contributed by atoms with Crippen LogP contribution in [0.4, 0.5) is 4.79 Å². The molecule has 0 aliphatic rings. The summed E-state index contributed by atoms with van der Waals surface area (Å²) in [5.74, 6) is -2.59. The molecule has 0 bridgehead atoms. The number of hydrogen-bond acceptors (Lipinski definition) is 4. The molecule has 9 heteroatoms. The first kappa shape index (κ1) is 17.8. The average molecular weight is 265 g/mol. The van der Waals surface area contributed by atoms with E-state index < -0.39 is 30.4 Å². The molecule has 0 aromatic heterocycles. The zero-order chi connectivity index (χ0) is 12.7. The van der Waals surface area contributed by atoms with Crippen molar-refractivity contribution in [1.29, 1.82) is 0 Å². The van der Waals surface area contributed by atoms with Gasteiger partial charge >= 0.3 is 18.0 Å². The maximum atomic E-state index is 10.8. The summed E-state index contributed by atoms with van der Waals surface area (Å²) in [4.78, 5) is 31.9. The standard InChI is InChI=1S/C8H15N3O5.H4Si/c1-2-3-11(10-8(9)16)5(7(14)15)4-6(12)13;/h5H,2-4H2,1H3,(H,12,13)(H,14,15)(H3,9,10,16);1H4. The van der Waals surface area contributed by atoms with Crippen molar-refractivity contribution in [3.63, 3.8) is 0 Å². The third kappa shape index (κ3) is 7.30. The lowest BCUT2D eigenvalue weighted by molar-refractivity contribution is -0.150. The van der Waals surface area contributed by atoms with Crippen LogP contribution >= 0.6 is 0 Å². The van der Waals surface area contributed by atoms with Gasteiger partial charge in [0.2, 0.25) is 0 Å². The van der Waals surface area contributed by atoms with Gasteiger partial charge in [0.1, 0.15) is 6.04 Å². The Labute approximate surface area is 103 Å². The van der Waals surface area contributed by atoms with Crippen molar-refractivity contribution in [2.75, 3.05) is 6.54 Å². The van der Waals surface area contributed by atoms with Crippen LogP contribution in [0.2, 0.25) is 0 Å². The summed E-state index contributed by atoms with van der Waals surface area (Å²) in [6.45, 7) is 1.96. The van der Waals surface area contributed by atoms with E-state index in [4.69, 9.17) is 15.9 Å². The first-order chi connectivity index (χ1) is 7.38. The lowest BCUT2D eigenvalue weighted by Crippen LogP contribution is -2.54. The Morgan fingerprint density at radius 1 is 1.35 bits per heavy atom. The van der Waals surface area contributed by atoms with Crippen molar-refractivity contribution in [2.45, 2.75) is 25.8 Å². The van der Waals surface area contributed by atoms with Crippen LogP contribution in [0, 0.1) is 0 Å². The maximum Gasteiger partial charge on any atom is 0.326 e. The monoisotopic (exact) mass is 265 g/mol. The summed E-state index contributed by atoms with van der Waals surface area (Å²) in [6, 6.07) is -2.25. The second-order valence-electron chi connectivity index (χ2n) is 3.12. The molecule has 0 aromatic carbocycles. The number of nitrogens with one attached hydrogen (secondary N) is 1. The summed E-state index contributed by atoms with van der Waals surface area (Å²) < 4.78 is 0. The molecule has 0 saturated carbocycles. The third-order valence-corrected chi connectivity index (χ3v) is 1.75. The molecule has 1 atom stereocenters. The van der Waals surface area contributed by atoms with E-state index in [0.717, 1.165) is 5.01 Å². The number of nitrogens with two attached hydrogens (primary N) is 1. The lowest BCUT2D eigenvalue weighted by Gasteiger charge is -2.26. The molecular weight excluding hydrogens is 246 g/mol. The average Bonchev–Trinajstić information content (AvgIpc) is 2.12. The van der Waals surface area contributed by atoms with Crippen LogP contribution in [0.1, 0.15) is 19.8 Å². The quantitative estimate of drug-likeness (QED) is 0.304. The van der Waals surface area contributed by atoms with Crippen LogP contribution in [0.3, 0.4) is 0 Å². The molecule has 0 aliphatic heterocycles. The van der Waals surface area contributed by atoms with Gasteiger partial charge in [-0.05, 0) is 17.4 Å². The van der Waals surface area contributed by atoms with Crippen LogP contribution in [0.5, 0.6) is 0 Å². The Morgan fingerprint density at radius 3 is 2.18 bits per heavy atom. The molecule has 8 nitrogen and oxygen atoms in total. The van der Waals surface area contributed by atoms with Gasteiger partial charge in [-0.25, -0.2) is 9.80 Å². The topological polar surface area (TPSA) is 133 Å². The molecule has 0 rings (SSSR count). The minimum Gasteiger partial charge on any atom is -0.481 e. The highest BCUT2D eigenvalue weighted by Crippen LogP contribution is 2.03. The number of hydrogen-bond donors (Lipinski definition) is 4. The summed E-state index contributed by atoms with van der Waals surface area (Å²) in [5, 5.41) is 18.4. The van der Waals surface area contributed by atoms with Crippen LogP contribution in [0.15, 0.2) is 0 Å². The van der Waals surface area contributed by atoms with Gasteiger partial charge in [-0.2, -0.15) is 0 Å². The van der Waals surface area contributed by atoms with Crippen molar-refractivity contribution in [3.8, 4) is 0 Å². The van der Waals surface area contributed by atoms with E-state index in [1.165, 1.54) is 0 Å². The number of hydrazine groups is 1. The minimum absolute atomic E-state index is 0. The highest BCUT2D eigenvalue weighted by molar-refractivity contribution is 5.81. The Hall–Kier alpha value is -1.61. The normalized spacial score (nSPS) is 11.4. The van der Waals surface area contributed by atoms with E-state index >= 15 is 0 Å². The van der Waals surface area contributed by atoms with E-state index in [0.29, 0.717) is 6.42 Å². The number of nitrogens with zero attached hydrogens (tertiary/aromatic N) is 1. The van der Waals surface area contributed by atoms with Gasteiger partial charge in [-0.3, -0.25) is 15.0 Å². The van der Waals surface area contributed by atoms with Crippen LogP contribution in [-0.2, 0) is 9.59 Å². The molecule has 0 saturated heterocycles. The number of aliphatic carboxylic acids is 2. The Kier molecular flexibility index (Phi) is 8.92. The van der Waals surface area contributed by atoms with Gasteiger partial charge in [0.25, 0.3) is 0 Å². The zero-order valence-corrected chi connectivity index (χ0v) is 8.84. The second-order valence-corrected chi connectivity index (χ2v) is 3.12. The fourth-order valence-electron chi connectivity index (χ4n) is 1.17. The number of carboxylic acid groups (broad SMARTS) is 2. The molecule has 0 heterocycles. The summed E-state index contributed by atoms with van der Waals surface area (Å²) in [6.07, 6.45) is -0.0701. The van der Waals surface area contributed by atoms with Crippen molar-refractivity contribution in [3.05, 3.63) is 0 Å². The Morgan fingerprint density at radius 2 is 1.88 bits per heavy atom. The molecule has 5 N–H and O–H groups in total. The number of rotatable bonds is 7. The van der Waals surface area contributed by atoms with Crippen LogP contribution in [0.25, 0.3) is 0 Å². The first-order valence-corrected chi connectivity index (χ1v) is 4.65. The van der Waals surface area contributed by atoms with E-state index in [1.54, 1.807) is 6.92 Å². The highest BCUT2D eigenvalue weighted by Gasteiger charge is 2.28. The molecule has 1 unspecified atom stereocenters. The van der Waals surface area contributed by atoms with Gasteiger partial charge in [0.05, 0.1) is 6.42 Å². The molecule has 0 fully saturated rings. The molecular formula is C8H19N3O5Si. The highest BCUT2D eigenvalue weighted by atomic mass is 28.1. The van der Waals surface area contributed by atoms with Crippen molar-refractivity contribution >= 4 is 28.9 Å². The number of carbonyl (C=O) groups excluding carboxylic acids is 1. The summed E-state index contributed by atoms with van der Waals surface area (Å²) >= 11 is 0. The van der Waals surface area contributed by atoms with Gasteiger partial charge < -0.3 is 15.9 Å². The number of primary amides is 1. The van der Waals surface area contributed by atoms with Gasteiger partial charge in [-0.1, -0.05) is 6.92 Å². The molecule has 0 radical (unpaired) electrons. The van der Waals surface area contributed by atoms with E-state index in [-0.39, 0.29) is 17.5 Å². The molecule has 100 valence electrons. The van der Waals surface area contributed by atoms with Crippen molar-refractivity contribution in [1.82, 2.24) is 10.4 Å². The van der Waals surface area contributed by atoms with Crippen LogP contribution in [-0.4, -0.2) is 56.7 Å². The third-order valence-electron chi connectivity index (χ3n) is 1.75. The number of carboxylic acids is 2. The van der Waals surface area contributed by atoms with Crippen molar-refractivity contribution < 1.29 is 24.6 Å². The van der Waals surface area contributed by atoms with E-state index in [9.17, 15) is 14.4 Å². The Bertz CT molecular complexity index is 286. The summed E-state index contributed by atoms with van der Waals surface area (Å²) in [7, 11) is 0. The molecule has 2 amide bonds. The minimum atomic E-state index is -1.33. The van der Waals surface area contributed by atoms with Gasteiger partial charge in [-0.15, -0.1) is 0 Å². The largest absolute Gasteiger partial charge is 0.481 e. The summed E-state index contributed by atoms with van der Waals surface area (Å²) in [5.41, 5.74) is 6.96. The number of urea groups is 1.